The van der Waals surface area contributed by atoms with Crippen molar-refractivity contribution >= 4 is 5.84 Å². The molecule has 3 N–H and O–H groups in total. The molecule has 0 aliphatic rings. The van der Waals surface area contributed by atoms with Crippen LogP contribution in [0.25, 0.3) is 11.1 Å². The van der Waals surface area contributed by atoms with Gasteiger partial charge in [-0.3, -0.25) is 4.98 Å². The third-order valence-electron chi connectivity index (χ3n) is 2.67. The quantitative estimate of drug-likeness (QED) is 0.385. The zero-order chi connectivity index (χ0) is 14.8. The summed E-state index contributed by atoms with van der Waals surface area (Å²) in [7, 11) is 0. The van der Waals surface area contributed by atoms with Gasteiger partial charge in [0.15, 0.2) is 5.84 Å². The minimum atomic E-state index is -4.46. The highest BCUT2D eigenvalue weighted by molar-refractivity contribution is 5.96. The van der Waals surface area contributed by atoms with Crippen molar-refractivity contribution in [1.29, 1.82) is 0 Å². The van der Waals surface area contributed by atoms with Crippen LogP contribution in [0.4, 0.5) is 13.2 Å². The van der Waals surface area contributed by atoms with E-state index < -0.39 is 11.7 Å². The highest BCUT2D eigenvalue weighted by Gasteiger charge is 2.33. The largest absolute Gasteiger partial charge is 0.417 e. The van der Waals surface area contributed by atoms with E-state index in [2.05, 4.69) is 10.1 Å². The molecule has 4 nitrogen and oxygen atoms in total. The van der Waals surface area contributed by atoms with E-state index in [9.17, 15) is 13.2 Å². The standard InChI is InChI=1S/C13H10F3N3O/c14-13(15,16)10-4-2-1-3-9(10)8-5-6-18-11(7-8)12(17)19-20/h1-7,20H,(H2,17,19). The Bertz CT molecular complexity index is 653. The number of aromatic nitrogens is 1. The van der Waals surface area contributed by atoms with Crippen LogP contribution in [-0.4, -0.2) is 16.0 Å². The summed E-state index contributed by atoms with van der Waals surface area (Å²) in [6, 6.07) is 7.94. The fourth-order valence-electron chi connectivity index (χ4n) is 1.77. The molecule has 2 aromatic rings. The summed E-state index contributed by atoms with van der Waals surface area (Å²) in [5, 5.41) is 11.4. The number of alkyl halides is 3. The van der Waals surface area contributed by atoms with Gasteiger partial charge in [0, 0.05) is 6.20 Å². The molecule has 2 rings (SSSR count). The number of benzene rings is 1. The van der Waals surface area contributed by atoms with Crippen molar-refractivity contribution < 1.29 is 18.4 Å². The molecule has 1 aromatic carbocycles. The van der Waals surface area contributed by atoms with Gasteiger partial charge in [0.1, 0.15) is 5.69 Å². The summed E-state index contributed by atoms with van der Waals surface area (Å²) >= 11 is 0. The summed E-state index contributed by atoms with van der Waals surface area (Å²) in [4.78, 5) is 3.83. The van der Waals surface area contributed by atoms with Crippen molar-refractivity contribution in [1.82, 2.24) is 4.98 Å². The topological polar surface area (TPSA) is 71.5 Å². The highest BCUT2D eigenvalue weighted by atomic mass is 19.4. The van der Waals surface area contributed by atoms with Gasteiger partial charge in [-0.1, -0.05) is 23.4 Å². The molecule has 20 heavy (non-hydrogen) atoms. The molecule has 0 aliphatic heterocycles. The van der Waals surface area contributed by atoms with Crippen molar-refractivity contribution in [3.63, 3.8) is 0 Å². The number of nitrogens with zero attached hydrogens (tertiary/aromatic N) is 2. The van der Waals surface area contributed by atoms with Crippen molar-refractivity contribution in [3.8, 4) is 11.1 Å². The first-order chi connectivity index (χ1) is 9.43. The van der Waals surface area contributed by atoms with Gasteiger partial charge >= 0.3 is 6.18 Å². The van der Waals surface area contributed by atoms with E-state index >= 15 is 0 Å². The minimum Gasteiger partial charge on any atom is -0.409 e. The summed E-state index contributed by atoms with van der Waals surface area (Å²) < 4.78 is 38.9. The molecule has 0 fully saturated rings. The number of hydrogen-bond donors (Lipinski definition) is 2. The summed E-state index contributed by atoms with van der Waals surface area (Å²) in [6.07, 6.45) is -3.16. The van der Waals surface area contributed by atoms with Gasteiger partial charge in [0.25, 0.3) is 0 Å². The van der Waals surface area contributed by atoms with Gasteiger partial charge in [-0.05, 0) is 29.3 Å². The van der Waals surface area contributed by atoms with E-state index in [0.717, 1.165) is 6.07 Å². The fourth-order valence-corrected chi connectivity index (χ4v) is 1.77. The molecule has 0 radical (unpaired) electrons. The van der Waals surface area contributed by atoms with Crippen LogP contribution in [0.2, 0.25) is 0 Å². The van der Waals surface area contributed by atoms with Gasteiger partial charge in [0.05, 0.1) is 5.56 Å². The van der Waals surface area contributed by atoms with Gasteiger partial charge in [-0.2, -0.15) is 13.2 Å². The molecular weight excluding hydrogens is 271 g/mol. The average molecular weight is 281 g/mol. The van der Waals surface area contributed by atoms with E-state index in [-0.39, 0.29) is 22.7 Å². The zero-order valence-corrected chi connectivity index (χ0v) is 10.1. The number of pyridine rings is 1. The Morgan fingerprint density at radius 2 is 1.90 bits per heavy atom. The fraction of sp³-hybridized carbons (Fsp3) is 0.0769. The SMILES string of the molecule is NC(=NO)c1cc(-c2ccccc2C(F)(F)F)ccn1. The summed E-state index contributed by atoms with van der Waals surface area (Å²) in [5.74, 6) is -0.267. The predicted octanol–water partition coefficient (Wildman–Crippen LogP) is 2.86. The average Bonchev–Trinajstić information content (AvgIpc) is 2.45. The number of nitrogens with two attached hydrogens (primary N) is 1. The van der Waals surface area contributed by atoms with Crippen LogP contribution in [0.15, 0.2) is 47.8 Å². The first kappa shape index (κ1) is 13.9. The highest BCUT2D eigenvalue weighted by Crippen LogP contribution is 2.36. The Balaban J connectivity index is 2.58. The van der Waals surface area contributed by atoms with Crippen molar-refractivity contribution in [2.24, 2.45) is 10.9 Å². The van der Waals surface area contributed by atoms with Crippen LogP contribution < -0.4 is 5.73 Å². The molecule has 0 atom stereocenters. The Hall–Kier alpha value is -2.57. The maximum absolute atomic E-state index is 13.0. The second-order valence-corrected chi connectivity index (χ2v) is 3.96. The lowest BCUT2D eigenvalue weighted by atomic mass is 9.99. The Morgan fingerprint density at radius 3 is 2.55 bits per heavy atom. The third-order valence-corrected chi connectivity index (χ3v) is 2.67. The number of oxime groups is 1. The molecule has 0 saturated carbocycles. The molecule has 1 heterocycles. The van der Waals surface area contributed by atoms with Crippen molar-refractivity contribution in [2.45, 2.75) is 6.18 Å². The molecule has 0 aliphatic carbocycles. The van der Waals surface area contributed by atoms with E-state index in [4.69, 9.17) is 10.9 Å². The maximum Gasteiger partial charge on any atom is 0.417 e. The lowest BCUT2D eigenvalue weighted by Gasteiger charge is -2.13. The van der Waals surface area contributed by atoms with Crippen molar-refractivity contribution in [2.75, 3.05) is 0 Å². The normalized spacial score (nSPS) is 12.4. The van der Waals surface area contributed by atoms with Crippen LogP contribution >= 0.6 is 0 Å². The summed E-state index contributed by atoms with van der Waals surface area (Å²) in [6.45, 7) is 0. The lowest BCUT2D eigenvalue weighted by Crippen LogP contribution is -2.15. The van der Waals surface area contributed by atoms with Gasteiger partial charge in [0.2, 0.25) is 0 Å². The molecule has 104 valence electrons. The Labute approximate surface area is 112 Å². The van der Waals surface area contributed by atoms with Crippen LogP contribution in [0.3, 0.4) is 0 Å². The zero-order valence-electron chi connectivity index (χ0n) is 10.1. The number of rotatable bonds is 2. The smallest absolute Gasteiger partial charge is 0.409 e. The molecule has 0 saturated heterocycles. The van der Waals surface area contributed by atoms with Crippen LogP contribution in [0.5, 0.6) is 0 Å². The van der Waals surface area contributed by atoms with E-state index in [0.29, 0.717) is 0 Å². The first-order valence-electron chi connectivity index (χ1n) is 5.54. The molecule has 0 amide bonds. The molecular formula is C13H10F3N3O. The molecule has 7 heteroatoms. The third kappa shape index (κ3) is 2.71. The van der Waals surface area contributed by atoms with E-state index in [1.54, 1.807) is 0 Å². The van der Waals surface area contributed by atoms with Crippen molar-refractivity contribution in [3.05, 3.63) is 53.9 Å². The van der Waals surface area contributed by atoms with Crippen LogP contribution in [0.1, 0.15) is 11.3 Å². The van der Waals surface area contributed by atoms with Gasteiger partial charge < -0.3 is 10.9 Å². The van der Waals surface area contributed by atoms with Gasteiger partial charge in [-0.15, -0.1) is 0 Å². The van der Waals surface area contributed by atoms with Crippen LogP contribution in [0, 0.1) is 0 Å². The maximum atomic E-state index is 13.0. The monoisotopic (exact) mass is 281 g/mol. The minimum absolute atomic E-state index is 0.00869. The van der Waals surface area contributed by atoms with E-state index in [1.807, 2.05) is 0 Å². The molecule has 0 bridgehead atoms. The predicted molar refractivity (Wildman–Crippen MR) is 67.2 cm³/mol. The lowest BCUT2D eigenvalue weighted by molar-refractivity contribution is -0.137. The number of hydrogen-bond acceptors (Lipinski definition) is 3. The second-order valence-electron chi connectivity index (χ2n) is 3.96. The summed E-state index contributed by atoms with van der Waals surface area (Å²) in [5.41, 5.74) is 5.02. The molecule has 1 aromatic heterocycles. The van der Waals surface area contributed by atoms with E-state index in [1.165, 1.54) is 36.5 Å². The Morgan fingerprint density at radius 1 is 1.20 bits per heavy atom. The van der Waals surface area contributed by atoms with Crippen LogP contribution in [-0.2, 0) is 6.18 Å². The molecule has 0 unspecified atom stereocenters. The number of halogens is 3. The second kappa shape index (κ2) is 5.20. The number of amidine groups is 1. The Kier molecular flexibility index (Phi) is 3.60. The molecule has 0 spiro atoms. The first-order valence-corrected chi connectivity index (χ1v) is 5.54. The van der Waals surface area contributed by atoms with Gasteiger partial charge in [-0.25, -0.2) is 0 Å².